The van der Waals surface area contributed by atoms with Gasteiger partial charge in [-0.3, -0.25) is 9.59 Å². The van der Waals surface area contributed by atoms with E-state index >= 15 is 0 Å². The lowest BCUT2D eigenvalue weighted by atomic mass is 9.96. The summed E-state index contributed by atoms with van der Waals surface area (Å²) in [5.41, 5.74) is 5.47. The maximum absolute atomic E-state index is 11.4. The lowest BCUT2D eigenvalue weighted by molar-refractivity contribution is -0.126. The molecule has 0 aromatic rings. The van der Waals surface area contributed by atoms with Crippen LogP contribution in [0.4, 0.5) is 0 Å². The maximum atomic E-state index is 11.4. The van der Waals surface area contributed by atoms with E-state index in [9.17, 15) is 9.59 Å². The fraction of sp³-hybridized carbons (Fsp3) is 0.818. The van der Waals surface area contributed by atoms with Crippen LogP contribution in [0.1, 0.15) is 32.6 Å². The van der Waals surface area contributed by atoms with Crippen molar-refractivity contribution in [1.29, 1.82) is 0 Å². The zero-order valence-electron chi connectivity index (χ0n) is 10.2. The van der Waals surface area contributed by atoms with Crippen molar-refractivity contribution in [3.8, 4) is 0 Å². The van der Waals surface area contributed by atoms with Gasteiger partial charge in [-0.05, 0) is 25.3 Å². The molecule has 0 bridgehead atoms. The zero-order chi connectivity index (χ0) is 12.4. The molecule has 0 aliphatic carbocycles. The van der Waals surface area contributed by atoms with E-state index in [4.69, 9.17) is 5.73 Å². The van der Waals surface area contributed by atoms with Gasteiger partial charge in [0, 0.05) is 13.5 Å². The molecule has 0 rings (SSSR count). The van der Waals surface area contributed by atoms with Gasteiger partial charge in [-0.25, -0.2) is 0 Å². The van der Waals surface area contributed by atoms with Crippen LogP contribution in [0.3, 0.4) is 0 Å². The number of hydrogen-bond donors (Lipinski definition) is 3. The van der Waals surface area contributed by atoms with E-state index in [1.165, 1.54) is 0 Å². The molecule has 0 fully saturated rings. The highest BCUT2D eigenvalue weighted by Crippen LogP contribution is 2.13. The van der Waals surface area contributed by atoms with Crippen LogP contribution in [0.2, 0.25) is 0 Å². The summed E-state index contributed by atoms with van der Waals surface area (Å²) >= 11 is 0. The van der Waals surface area contributed by atoms with E-state index in [1.807, 2.05) is 0 Å². The largest absolute Gasteiger partial charge is 0.358 e. The van der Waals surface area contributed by atoms with Crippen LogP contribution >= 0.6 is 0 Å². The molecule has 0 aromatic heterocycles. The van der Waals surface area contributed by atoms with Crippen molar-refractivity contribution in [2.24, 2.45) is 11.7 Å². The number of hydrogen-bond acceptors (Lipinski definition) is 3. The molecule has 94 valence electrons. The van der Waals surface area contributed by atoms with E-state index in [1.54, 1.807) is 7.05 Å². The SMILES string of the molecule is CCC(CCN)CCC(=O)NCC(=O)NC. The summed E-state index contributed by atoms with van der Waals surface area (Å²) in [6, 6.07) is 0. The fourth-order valence-electron chi connectivity index (χ4n) is 1.48. The number of nitrogens with two attached hydrogens (primary N) is 1. The predicted molar refractivity (Wildman–Crippen MR) is 63.8 cm³/mol. The van der Waals surface area contributed by atoms with E-state index in [-0.39, 0.29) is 18.4 Å². The Kier molecular flexibility index (Phi) is 8.52. The highest BCUT2D eigenvalue weighted by Gasteiger charge is 2.09. The molecule has 1 atom stereocenters. The quantitative estimate of drug-likeness (QED) is 0.548. The van der Waals surface area contributed by atoms with Crippen LogP contribution in [-0.4, -0.2) is 32.0 Å². The second-order valence-electron chi connectivity index (χ2n) is 3.84. The maximum Gasteiger partial charge on any atom is 0.239 e. The van der Waals surface area contributed by atoms with Crippen molar-refractivity contribution in [2.75, 3.05) is 20.1 Å². The van der Waals surface area contributed by atoms with Crippen molar-refractivity contribution in [2.45, 2.75) is 32.6 Å². The molecule has 4 N–H and O–H groups in total. The number of rotatable bonds is 8. The van der Waals surface area contributed by atoms with Crippen molar-refractivity contribution in [1.82, 2.24) is 10.6 Å². The molecule has 2 amide bonds. The summed E-state index contributed by atoms with van der Waals surface area (Å²) in [6.07, 6.45) is 3.31. The Balaban J connectivity index is 3.66. The molecular weight excluding hydrogens is 206 g/mol. The second kappa shape index (κ2) is 9.15. The average molecular weight is 229 g/mol. The van der Waals surface area contributed by atoms with Gasteiger partial charge in [-0.15, -0.1) is 0 Å². The van der Waals surface area contributed by atoms with Crippen LogP contribution in [0, 0.1) is 5.92 Å². The Morgan fingerprint density at radius 1 is 1.25 bits per heavy atom. The van der Waals surface area contributed by atoms with Crippen molar-refractivity contribution >= 4 is 11.8 Å². The minimum atomic E-state index is -0.178. The van der Waals surface area contributed by atoms with Crippen molar-refractivity contribution in [3.63, 3.8) is 0 Å². The summed E-state index contributed by atoms with van der Waals surface area (Å²) in [6.45, 7) is 2.82. The molecule has 0 spiro atoms. The van der Waals surface area contributed by atoms with Gasteiger partial charge in [0.2, 0.25) is 11.8 Å². The second-order valence-corrected chi connectivity index (χ2v) is 3.84. The van der Waals surface area contributed by atoms with Gasteiger partial charge < -0.3 is 16.4 Å². The third-order valence-electron chi connectivity index (χ3n) is 2.66. The standard InChI is InChI=1S/C11H23N3O2/c1-3-9(6-7-12)4-5-10(15)14-8-11(16)13-2/h9H,3-8,12H2,1-2H3,(H,13,16)(H,14,15). The number of amides is 2. The monoisotopic (exact) mass is 229 g/mol. The Hall–Kier alpha value is -1.10. The number of likely N-dealkylation sites (N-methyl/N-ethyl adjacent to an activating group) is 1. The van der Waals surface area contributed by atoms with Gasteiger partial charge in [0.1, 0.15) is 0 Å². The first kappa shape index (κ1) is 14.9. The Bertz CT molecular complexity index is 219. The molecule has 0 aliphatic rings. The molecule has 0 aliphatic heterocycles. The zero-order valence-corrected chi connectivity index (χ0v) is 10.2. The Morgan fingerprint density at radius 2 is 1.94 bits per heavy atom. The summed E-state index contributed by atoms with van der Waals surface area (Å²) < 4.78 is 0. The highest BCUT2D eigenvalue weighted by atomic mass is 16.2. The third-order valence-corrected chi connectivity index (χ3v) is 2.66. The molecule has 1 unspecified atom stereocenters. The first-order chi connectivity index (χ1) is 7.63. The minimum Gasteiger partial charge on any atom is -0.358 e. The summed E-state index contributed by atoms with van der Waals surface area (Å²) in [4.78, 5) is 22.2. The normalized spacial score (nSPS) is 11.9. The van der Waals surface area contributed by atoms with Crippen LogP contribution < -0.4 is 16.4 Å². The molecule has 0 radical (unpaired) electrons. The van der Waals surface area contributed by atoms with Gasteiger partial charge in [0.05, 0.1) is 6.54 Å². The summed E-state index contributed by atoms with van der Waals surface area (Å²) in [5.74, 6) is 0.261. The first-order valence-corrected chi connectivity index (χ1v) is 5.81. The van der Waals surface area contributed by atoms with Crippen molar-refractivity contribution in [3.05, 3.63) is 0 Å². The highest BCUT2D eigenvalue weighted by molar-refractivity contribution is 5.84. The molecular formula is C11H23N3O2. The van der Waals surface area contributed by atoms with Gasteiger partial charge in [-0.1, -0.05) is 13.3 Å². The first-order valence-electron chi connectivity index (χ1n) is 5.81. The van der Waals surface area contributed by atoms with E-state index in [0.717, 1.165) is 19.3 Å². The van der Waals surface area contributed by atoms with Gasteiger partial charge in [0.25, 0.3) is 0 Å². The van der Waals surface area contributed by atoms with Crippen molar-refractivity contribution < 1.29 is 9.59 Å². The Morgan fingerprint density at radius 3 is 2.44 bits per heavy atom. The summed E-state index contributed by atoms with van der Waals surface area (Å²) in [5, 5.41) is 5.02. The summed E-state index contributed by atoms with van der Waals surface area (Å²) in [7, 11) is 1.54. The molecule has 16 heavy (non-hydrogen) atoms. The van der Waals surface area contributed by atoms with Crippen LogP contribution in [0.15, 0.2) is 0 Å². The van der Waals surface area contributed by atoms with Gasteiger partial charge >= 0.3 is 0 Å². The average Bonchev–Trinajstić information content (AvgIpc) is 2.31. The third kappa shape index (κ3) is 7.23. The number of carbonyl (C=O) groups is 2. The number of carbonyl (C=O) groups excluding carboxylic acids is 2. The molecule has 0 saturated carbocycles. The molecule has 5 nitrogen and oxygen atoms in total. The predicted octanol–water partition coefficient (Wildman–Crippen LogP) is 0.00380. The molecule has 0 aromatic carbocycles. The number of nitrogens with one attached hydrogen (secondary N) is 2. The minimum absolute atomic E-state index is 0.0585. The topological polar surface area (TPSA) is 84.2 Å². The molecule has 0 heterocycles. The Labute approximate surface area is 97.2 Å². The smallest absolute Gasteiger partial charge is 0.239 e. The fourth-order valence-corrected chi connectivity index (χ4v) is 1.48. The van der Waals surface area contributed by atoms with Crippen LogP contribution in [-0.2, 0) is 9.59 Å². The van der Waals surface area contributed by atoms with Gasteiger partial charge in [0.15, 0.2) is 0 Å². The van der Waals surface area contributed by atoms with Gasteiger partial charge in [-0.2, -0.15) is 0 Å². The van der Waals surface area contributed by atoms with Crippen LogP contribution in [0.25, 0.3) is 0 Å². The lowest BCUT2D eigenvalue weighted by Crippen LogP contribution is -2.35. The molecule has 0 saturated heterocycles. The van der Waals surface area contributed by atoms with E-state index in [2.05, 4.69) is 17.6 Å². The lowest BCUT2D eigenvalue weighted by Gasteiger charge is -2.12. The van der Waals surface area contributed by atoms with E-state index in [0.29, 0.717) is 18.9 Å². The molecule has 5 heteroatoms. The van der Waals surface area contributed by atoms with E-state index < -0.39 is 0 Å². The van der Waals surface area contributed by atoms with Crippen LogP contribution in [0.5, 0.6) is 0 Å².